The number of ketones is 1. The molecule has 0 aliphatic rings. The second kappa shape index (κ2) is 4.92. The number of hydrogen-bond acceptors (Lipinski definition) is 2. The molecule has 0 atom stereocenters. The highest BCUT2D eigenvalue weighted by molar-refractivity contribution is 5.94. The van der Waals surface area contributed by atoms with Crippen LogP contribution in [0.3, 0.4) is 0 Å². The van der Waals surface area contributed by atoms with Crippen molar-refractivity contribution in [3.05, 3.63) is 41.7 Å². The van der Waals surface area contributed by atoms with Crippen molar-refractivity contribution in [2.75, 3.05) is 18.5 Å². The Morgan fingerprint density at radius 3 is 2.50 bits per heavy atom. The van der Waals surface area contributed by atoms with Gasteiger partial charge >= 0.3 is 0 Å². The molecule has 2 nitrogen and oxygen atoms in total. The largest absolute Gasteiger partial charge is 0.368 e. The fourth-order valence-electron chi connectivity index (χ4n) is 1.53. The average Bonchev–Trinajstić information content (AvgIpc) is 2.15. The number of rotatable bonds is 4. The lowest BCUT2D eigenvalue weighted by Gasteiger charge is -2.20. The summed E-state index contributed by atoms with van der Waals surface area (Å²) in [6, 6.07) is 4.53. The first-order valence-electron chi connectivity index (χ1n) is 5.08. The molecule has 16 heavy (non-hydrogen) atoms. The maximum atomic E-state index is 13.7. The van der Waals surface area contributed by atoms with Gasteiger partial charge in [0.05, 0.1) is 5.69 Å². The molecule has 0 aromatic heterocycles. The van der Waals surface area contributed by atoms with Crippen molar-refractivity contribution in [3.8, 4) is 0 Å². The van der Waals surface area contributed by atoms with E-state index in [-0.39, 0.29) is 11.6 Å². The molecule has 0 N–H and O–H groups in total. The summed E-state index contributed by atoms with van der Waals surface area (Å²) in [6.45, 7) is 7.68. The number of hydrogen-bond donors (Lipinski definition) is 0. The second-order valence-corrected chi connectivity index (χ2v) is 4.04. The lowest BCUT2D eigenvalue weighted by molar-refractivity contribution is 0.101. The fraction of sp³-hybridized carbons (Fsp3) is 0.308. The van der Waals surface area contributed by atoms with Crippen LogP contribution in [0.5, 0.6) is 0 Å². The van der Waals surface area contributed by atoms with Crippen LogP contribution in [-0.2, 0) is 0 Å². The molecule has 1 rings (SSSR count). The van der Waals surface area contributed by atoms with Crippen LogP contribution in [0.15, 0.2) is 30.4 Å². The molecule has 3 heteroatoms. The Hall–Kier alpha value is -1.64. The molecule has 0 radical (unpaired) electrons. The van der Waals surface area contributed by atoms with Crippen LogP contribution in [0.25, 0.3) is 0 Å². The molecule has 0 unspecified atom stereocenters. The highest BCUT2D eigenvalue weighted by Gasteiger charge is 2.09. The molecular formula is C13H16FNO. The van der Waals surface area contributed by atoms with Gasteiger partial charge in [0.2, 0.25) is 0 Å². The van der Waals surface area contributed by atoms with Crippen LogP contribution in [0.1, 0.15) is 24.2 Å². The van der Waals surface area contributed by atoms with Crippen molar-refractivity contribution in [2.45, 2.75) is 13.8 Å². The van der Waals surface area contributed by atoms with Crippen molar-refractivity contribution < 1.29 is 9.18 Å². The van der Waals surface area contributed by atoms with Crippen molar-refractivity contribution in [2.24, 2.45) is 0 Å². The van der Waals surface area contributed by atoms with E-state index in [4.69, 9.17) is 0 Å². The summed E-state index contributed by atoms with van der Waals surface area (Å²) in [5.41, 5.74) is 1.83. The Morgan fingerprint density at radius 1 is 1.44 bits per heavy atom. The third-order valence-corrected chi connectivity index (χ3v) is 2.27. The van der Waals surface area contributed by atoms with Gasteiger partial charge in [0.1, 0.15) is 5.82 Å². The molecule has 0 bridgehead atoms. The first kappa shape index (κ1) is 12.4. The van der Waals surface area contributed by atoms with Gasteiger partial charge < -0.3 is 4.90 Å². The Morgan fingerprint density at radius 2 is 2.06 bits per heavy atom. The van der Waals surface area contributed by atoms with Crippen LogP contribution in [0.2, 0.25) is 0 Å². The topological polar surface area (TPSA) is 20.3 Å². The summed E-state index contributed by atoms with van der Waals surface area (Å²) < 4.78 is 13.7. The van der Waals surface area contributed by atoms with Crippen LogP contribution in [-0.4, -0.2) is 19.4 Å². The standard InChI is InChI=1S/C13H16FNO/c1-9(2)8-15(4)13-6-5-11(10(3)16)7-12(13)14/h5-7H,1,8H2,2-4H3. The monoisotopic (exact) mass is 221 g/mol. The summed E-state index contributed by atoms with van der Waals surface area (Å²) in [5.74, 6) is -0.510. The second-order valence-electron chi connectivity index (χ2n) is 4.04. The SMILES string of the molecule is C=C(C)CN(C)c1ccc(C(C)=O)cc1F. The average molecular weight is 221 g/mol. The van der Waals surface area contributed by atoms with Gasteiger partial charge in [-0.25, -0.2) is 4.39 Å². The van der Waals surface area contributed by atoms with Gasteiger partial charge in [-0.1, -0.05) is 12.2 Å². The Bertz CT molecular complexity index is 426. The third-order valence-electron chi connectivity index (χ3n) is 2.27. The number of likely N-dealkylation sites (N-methyl/N-ethyl adjacent to an activating group) is 1. The van der Waals surface area contributed by atoms with Crippen LogP contribution in [0.4, 0.5) is 10.1 Å². The van der Waals surface area contributed by atoms with Gasteiger partial charge in [-0.2, -0.15) is 0 Å². The molecule has 0 saturated carbocycles. The molecule has 0 saturated heterocycles. The van der Waals surface area contributed by atoms with E-state index in [0.29, 0.717) is 17.8 Å². The lowest BCUT2D eigenvalue weighted by atomic mass is 10.1. The number of Topliss-reactive ketones (excluding diaryl/α,β-unsaturated/α-hetero) is 1. The van der Waals surface area contributed by atoms with Crippen LogP contribution in [0, 0.1) is 5.82 Å². The van der Waals surface area contributed by atoms with Crippen molar-refractivity contribution >= 4 is 11.5 Å². The lowest BCUT2D eigenvalue weighted by Crippen LogP contribution is -2.20. The highest BCUT2D eigenvalue weighted by Crippen LogP contribution is 2.20. The summed E-state index contributed by atoms with van der Waals surface area (Å²) in [7, 11) is 1.79. The molecule has 1 aromatic rings. The van der Waals surface area contributed by atoms with Gasteiger partial charge in [0.25, 0.3) is 0 Å². The summed E-state index contributed by atoms with van der Waals surface area (Å²) in [4.78, 5) is 12.8. The maximum absolute atomic E-state index is 13.7. The number of benzene rings is 1. The zero-order valence-corrected chi connectivity index (χ0v) is 9.88. The van der Waals surface area contributed by atoms with Gasteiger partial charge in [0, 0.05) is 19.2 Å². The van der Waals surface area contributed by atoms with Crippen LogP contribution >= 0.6 is 0 Å². The fourth-order valence-corrected chi connectivity index (χ4v) is 1.53. The molecule has 1 aromatic carbocycles. The van der Waals surface area contributed by atoms with Gasteiger partial charge in [0.15, 0.2) is 5.78 Å². The van der Waals surface area contributed by atoms with Gasteiger partial charge in [-0.05, 0) is 32.0 Å². The van der Waals surface area contributed by atoms with E-state index in [2.05, 4.69) is 6.58 Å². The molecule has 0 fully saturated rings. The highest BCUT2D eigenvalue weighted by atomic mass is 19.1. The van der Waals surface area contributed by atoms with E-state index >= 15 is 0 Å². The number of halogens is 1. The quantitative estimate of drug-likeness (QED) is 0.575. The third kappa shape index (κ3) is 2.92. The number of anilines is 1. The molecular weight excluding hydrogens is 205 g/mol. The predicted octanol–water partition coefficient (Wildman–Crippen LogP) is 3.04. The Kier molecular flexibility index (Phi) is 3.82. The summed E-state index contributed by atoms with van der Waals surface area (Å²) >= 11 is 0. The normalized spacial score (nSPS) is 10.0. The van der Waals surface area contributed by atoms with E-state index in [1.807, 2.05) is 6.92 Å². The molecule has 0 spiro atoms. The van der Waals surface area contributed by atoms with E-state index in [1.165, 1.54) is 13.0 Å². The van der Waals surface area contributed by atoms with E-state index in [9.17, 15) is 9.18 Å². The molecule has 0 aliphatic carbocycles. The van der Waals surface area contributed by atoms with Gasteiger partial charge in [-0.15, -0.1) is 0 Å². The number of nitrogens with zero attached hydrogens (tertiary/aromatic N) is 1. The Labute approximate surface area is 95.4 Å². The number of carbonyl (C=O) groups excluding carboxylic acids is 1. The van der Waals surface area contributed by atoms with E-state index in [0.717, 1.165) is 5.57 Å². The first-order valence-corrected chi connectivity index (χ1v) is 5.08. The maximum Gasteiger partial charge on any atom is 0.159 e. The minimum Gasteiger partial charge on any atom is -0.368 e. The molecule has 0 heterocycles. The summed E-state index contributed by atoms with van der Waals surface area (Å²) in [6.07, 6.45) is 0. The zero-order chi connectivity index (χ0) is 12.3. The smallest absolute Gasteiger partial charge is 0.159 e. The van der Waals surface area contributed by atoms with Crippen molar-refractivity contribution in [1.29, 1.82) is 0 Å². The zero-order valence-electron chi connectivity index (χ0n) is 9.88. The van der Waals surface area contributed by atoms with Crippen molar-refractivity contribution in [3.63, 3.8) is 0 Å². The van der Waals surface area contributed by atoms with E-state index < -0.39 is 0 Å². The Balaban J connectivity index is 2.98. The summed E-state index contributed by atoms with van der Waals surface area (Å²) in [5, 5.41) is 0. The number of carbonyl (C=O) groups is 1. The molecule has 0 amide bonds. The minimum atomic E-state index is -0.378. The van der Waals surface area contributed by atoms with Gasteiger partial charge in [-0.3, -0.25) is 4.79 Å². The first-order chi connectivity index (χ1) is 7.41. The van der Waals surface area contributed by atoms with E-state index in [1.54, 1.807) is 24.1 Å². The predicted molar refractivity (Wildman–Crippen MR) is 64.5 cm³/mol. The molecule has 86 valence electrons. The van der Waals surface area contributed by atoms with Crippen molar-refractivity contribution in [1.82, 2.24) is 0 Å². The molecule has 0 aliphatic heterocycles. The van der Waals surface area contributed by atoms with Crippen LogP contribution < -0.4 is 4.90 Å². The minimum absolute atomic E-state index is 0.131.